The van der Waals surface area contributed by atoms with Crippen LogP contribution in [-0.4, -0.2) is 22.3 Å². The van der Waals surface area contributed by atoms with Gasteiger partial charge in [0, 0.05) is 11.8 Å². The van der Waals surface area contributed by atoms with Gasteiger partial charge in [-0.3, -0.25) is 9.36 Å². The van der Waals surface area contributed by atoms with Crippen molar-refractivity contribution in [3.8, 4) is 11.8 Å². The first-order valence-electron chi connectivity index (χ1n) is 9.72. The maximum absolute atomic E-state index is 11.8. The number of fused-ring (bicyclic) bond motifs is 1. The summed E-state index contributed by atoms with van der Waals surface area (Å²) < 4.78 is 13.6. The van der Waals surface area contributed by atoms with Crippen LogP contribution < -0.4 is 15.0 Å². The second kappa shape index (κ2) is 7.52. The maximum atomic E-state index is 11.8. The third-order valence-corrected chi connectivity index (χ3v) is 5.48. The highest BCUT2D eigenvalue weighted by Crippen LogP contribution is 2.33. The molecule has 4 rings (SSSR count). The van der Waals surface area contributed by atoms with E-state index in [2.05, 4.69) is 29.2 Å². The van der Waals surface area contributed by atoms with E-state index in [-0.39, 0.29) is 11.7 Å². The van der Waals surface area contributed by atoms with Crippen molar-refractivity contribution in [2.45, 2.75) is 64.0 Å². The molecule has 5 nitrogen and oxygen atoms in total. The fourth-order valence-electron chi connectivity index (χ4n) is 3.94. The molecule has 1 aliphatic heterocycles. The quantitative estimate of drug-likeness (QED) is 0.822. The number of aromatic nitrogens is 2. The predicted octanol–water partition coefficient (Wildman–Crippen LogP) is 3.69. The van der Waals surface area contributed by atoms with E-state index >= 15 is 0 Å². The SMILES string of the molecule is CCc1cn2c(nc1=O)O[C@H](COc1ccc(C3CCCCC3)cc1)C2. The van der Waals surface area contributed by atoms with Gasteiger partial charge in [0.1, 0.15) is 12.4 Å². The van der Waals surface area contributed by atoms with E-state index in [9.17, 15) is 4.79 Å². The van der Waals surface area contributed by atoms with Crippen molar-refractivity contribution < 1.29 is 9.47 Å². The van der Waals surface area contributed by atoms with Gasteiger partial charge in [0.05, 0.1) is 6.54 Å². The van der Waals surface area contributed by atoms with Crippen LogP contribution in [0.4, 0.5) is 0 Å². The molecular formula is C21H26N2O3. The molecule has 0 spiro atoms. The van der Waals surface area contributed by atoms with Crippen molar-refractivity contribution in [1.29, 1.82) is 0 Å². The summed E-state index contributed by atoms with van der Waals surface area (Å²) >= 11 is 0. The maximum Gasteiger partial charge on any atom is 0.300 e. The molecule has 5 heteroatoms. The standard InChI is InChI=1S/C21H26N2O3/c1-2-15-12-23-13-19(26-21(23)22-20(15)24)14-25-18-10-8-17(9-11-18)16-6-4-3-5-7-16/h8-12,16,19H,2-7,13-14H2,1H3/t19-/m0/s1. The van der Waals surface area contributed by atoms with Gasteiger partial charge in [-0.05, 0) is 42.9 Å². The minimum atomic E-state index is -0.196. The van der Waals surface area contributed by atoms with E-state index < -0.39 is 0 Å². The average Bonchev–Trinajstić information content (AvgIpc) is 3.08. The minimum absolute atomic E-state index is 0.118. The Labute approximate surface area is 154 Å². The van der Waals surface area contributed by atoms with Gasteiger partial charge < -0.3 is 9.47 Å². The van der Waals surface area contributed by atoms with Crippen molar-refractivity contribution in [2.24, 2.45) is 0 Å². The van der Waals surface area contributed by atoms with E-state index in [1.807, 2.05) is 17.7 Å². The second-order valence-corrected chi connectivity index (χ2v) is 7.31. The van der Waals surface area contributed by atoms with E-state index in [1.165, 1.54) is 37.7 Å². The molecule has 138 valence electrons. The first-order chi connectivity index (χ1) is 12.7. The van der Waals surface area contributed by atoms with Crippen LogP contribution in [0.25, 0.3) is 0 Å². The van der Waals surface area contributed by atoms with Gasteiger partial charge in [-0.15, -0.1) is 0 Å². The number of rotatable bonds is 5. The van der Waals surface area contributed by atoms with Gasteiger partial charge in [-0.25, -0.2) is 0 Å². The average molecular weight is 354 g/mol. The van der Waals surface area contributed by atoms with Crippen molar-refractivity contribution in [3.05, 3.63) is 51.9 Å². The molecule has 1 aliphatic carbocycles. The smallest absolute Gasteiger partial charge is 0.300 e. The molecule has 0 radical (unpaired) electrons. The third-order valence-electron chi connectivity index (χ3n) is 5.48. The molecule has 1 aromatic carbocycles. The highest BCUT2D eigenvalue weighted by molar-refractivity contribution is 5.29. The lowest BCUT2D eigenvalue weighted by molar-refractivity contribution is 0.143. The summed E-state index contributed by atoms with van der Waals surface area (Å²) in [6, 6.07) is 8.91. The van der Waals surface area contributed by atoms with Crippen LogP contribution in [0.3, 0.4) is 0 Å². The van der Waals surface area contributed by atoms with Gasteiger partial charge in [0.25, 0.3) is 11.6 Å². The van der Waals surface area contributed by atoms with Gasteiger partial charge in [-0.1, -0.05) is 38.3 Å². The minimum Gasteiger partial charge on any atom is -0.490 e. The zero-order valence-electron chi connectivity index (χ0n) is 15.3. The van der Waals surface area contributed by atoms with E-state index in [0.29, 0.717) is 31.5 Å². The number of nitrogens with zero attached hydrogens (tertiary/aromatic N) is 2. The Morgan fingerprint density at radius 1 is 1.19 bits per heavy atom. The first-order valence-corrected chi connectivity index (χ1v) is 9.72. The zero-order chi connectivity index (χ0) is 17.9. The molecule has 2 heterocycles. The van der Waals surface area contributed by atoms with Crippen molar-refractivity contribution in [3.63, 3.8) is 0 Å². The number of aryl methyl sites for hydroxylation is 1. The number of hydrogen-bond donors (Lipinski definition) is 0. The van der Waals surface area contributed by atoms with E-state index in [4.69, 9.17) is 9.47 Å². The monoisotopic (exact) mass is 354 g/mol. The summed E-state index contributed by atoms with van der Waals surface area (Å²) in [5, 5.41) is 0. The molecule has 1 atom stereocenters. The summed E-state index contributed by atoms with van der Waals surface area (Å²) in [5.74, 6) is 1.57. The highest BCUT2D eigenvalue weighted by Gasteiger charge is 2.25. The van der Waals surface area contributed by atoms with Crippen LogP contribution in [0.1, 0.15) is 56.1 Å². The lowest BCUT2D eigenvalue weighted by Crippen LogP contribution is -2.23. The Hall–Kier alpha value is -2.30. The van der Waals surface area contributed by atoms with Crippen LogP contribution in [0, 0.1) is 0 Å². The Balaban J connectivity index is 1.34. The van der Waals surface area contributed by atoms with Crippen LogP contribution in [-0.2, 0) is 13.0 Å². The topological polar surface area (TPSA) is 53.4 Å². The highest BCUT2D eigenvalue weighted by atomic mass is 16.6. The van der Waals surface area contributed by atoms with E-state index in [0.717, 1.165) is 11.3 Å². The Kier molecular flexibility index (Phi) is 4.96. The zero-order valence-corrected chi connectivity index (χ0v) is 15.3. The summed E-state index contributed by atoms with van der Waals surface area (Å²) in [6.07, 6.45) is 9.09. The predicted molar refractivity (Wildman–Crippen MR) is 100 cm³/mol. The molecule has 2 aromatic rings. The molecule has 0 amide bonds. The van der Waals surface area contributed by atoms with Crippen molar-refractivity contribution >= 4 is 0 Å². The fourth-order valence-corrected chi connectivity index (χ4v) is 3.94. The summed E-state index contributed by atoms with van der Waals surface area (Å²) in [5.41, 5.74) is 1.95. The molecule has 1 saturated carbocycles. The van der Waals surface area contributed by atoms with Crippen LogP contribution in [0.2, 0.25) is 0 Å². The second-order valence-electron chi connectivity index (χ2n) is 7.31. The molecule has 0 unspecified atom stereocenters. The van der Waals surface area contributed by atoms with Crippen LogP contribution >= 0.6 is 0 Å². The van der Waals surface area contributed by atoms with Crippen molar-refractivity contribution in [1.82, 2.24) is 9.55 Å². The van der Waals surface area contributed by atoms with Crippen LogP contribution in [0.15, 0.2) is 35.3 Å². The lowest BCUT2D eigenvalue weighted by Gasteiger charge is -2.22. The molecule has 2 aliphatic rings. The van der Waals surface area contributed by atoms with Crippen molar-refractivity contribution in [2.75, 3.05) is 6.61 Å². The van der Waals surface area contributed by atoms with Gasteiger partial charge in [0.15, 0.2) is 6.10 Å². The fraction of sp³-hybridized carbons (Fsp3) is 0.524. The summed E-state index contributed by atoms with van der Waals surface area (Å²) in [7, 11) is 0. The van der Waals surface area contributed by atoms with Gasteiger partial charge in [0.2, 0.25) is 0 Å². The number of ether oxygens (including phenoxy) is 2. The molecule has 1 fully saturated rings. The summed E-state index contributed by atoms with van der Waals surface area (Å²) in [4.78, 5) is 15.8. The normalized spacial score (nSPS) is 19.8. The van der Waals surface area contributed by atoms with Gasteiger partial charge in [-0.2, -0.15) is 4.98 Å². The Bertz CT molecular complexity index is 807. The Morgan fingerprint density at radius 2 is 1.96 bits per heavy atom. The van der Waals surface area contributed by atoms with E-state index in [1.54, 1.807) is 0 Å². The molecule has 0 bridgehead atoms. The molecule has 0 N–H and O–H groups in total. The molecule has 26 heavy (non-hydrogen) atoms. The number of benzene rings is 1. The molecular weight excluding hydrogens is 328 g/mol. The molecule has 0 saturated heterocycles. The first kappa shape index (κ1) is 17.1. The summed E-state index contributed by atoms with van der Waals surface area (Å²) in [6.45, 7) is 3.07. The largest absolute Gasteiger partial charge is 0.490 e. The lowest BCUT2D eigenvalue weighted by atomic mass is 9.84. The van der Waals surface area contributed by atoms with Crippen LogP contribution in [0.5, 0.6) is 11.8 Å². The third kappa shape index (κ3) is 3.62. The molecule has 1 aromatic heterocycles. The van der Waals surface area contributed by atoms with Gasteiger partial charge >= 0.3 is 0 Å². The Morgan fingerprint density at radius 3 is 2.69 bits per heavy atom. The number of hydrogen-bond acceptors (Lipinski definition) is 4.